The van der Waals surface area contributed by atoms with Crippen molar-refractivity contribution in [2.45, 2.75) is 19.3 Å². The maximum absolute atomic E-state index is 11.7. The summed E-state index contributed by atoms with van der Waals surface area (Å²) in [7, 11) is 0. The largest absolute Gasteiger partial charge is 0.396 e. The molecule has 4 N–H and O–H groups in total. The average Bonchev–Trinajstić information content (AvgIpc) is 2.55. The number of rotatable bonds is 8. The first-order valence-corrected chi connectivity index (χ1v) is 7.50. The lowest BCUT2D eigenvalue weighted by Gasteiger charge is -2.08. The van der Waals surface area contributed by atoms with E-state index in [9.17, 15) is 4.79 Å². The highest BCUT2D eigenvalue weighted by Crippen LogP contribution is 2.12. The molecular weight excluding hydrogens is 276 g/mol. The van der Waals surface area contributed by atoms with Gasteiger partial charge in [0.25, 0.3) is 0 Å². The normalized spacial score (nSPS) is 10.2. The van der Waals surface area contributed by atoms with E-state index in [2.05, 4.69) is 15.6 Å². The number of hydrogen-bond donors (Lipinski definition) is 3. The van der Waals surface area contributed by atoms with Crippen LogP contribution in [0, 0.1) is 0 Å². The van der Waals surface area contributed by atoms with E-state index in [4.69, 9.17) is 5.73 Å². The Morgan fingerprint density at radius 3 is 2.68 bits per heavy atom. The Balaban J connectivity index is 1.57. The first-order chi connectivity index (χ1) is 10.8. The predicted molar refractivity (Wildman–Crippen MR) is 89.5 cm³/mol. The van der Waals surface area contributed by atoms with E-state index < -0.39 is 0 Å². The van der Waals surface area contributed by atoms with Crippen molar-refractivity contribution >= 4 is 17.4 Å². The fourth-order valence-electron chi connectivity index (χ4n) is 2.08. The van der Waals surface area contributed by atoms with Gasteiger partial charge in [0.05, 0.1) is 5.69 Å². The van der Waals surface area contributed by atoms with Gasteiger partial charge in [-0.25, -0.2) is 4.98 Å². The Morgan fingerprint density at radius 1 is 1.09 bits per heavy atom. The minimum atomic E-state index is 0.0844. The van der Waals surface area contributed by atoms with Gasteiger partial charge in [-0.05, 0) is 30.5 Å². The van der Waals surface area contributed by atoms with Gasteiger partial charge >= 0.3 is 0 Å². The highest BCUT2D eigenvalue weighted by atomic mass is 16.1. The molecule has 2 rings (SSSR count). The van der Waals surface area contributed by atoms with Gasteiger partial charge in [0.2, 0.25) is 5.91 Å². The molecule has 0 atom stereocenters. The molecule has 1 aromatic carbocycles. The lowest BCUT2D eigenvalue weighted by atomic mass is 10.1. The van der Waals surface area contributed by atoms with Crippen LogP contribution in [0.5, 0.6) is 0 Å². The average molecular weight is 298 g/mol. The standard InChI is InChI=1S/C17H22N4O/c18-15-8-4-11-20-17(15)21-13-5-12-19-16(22)10-9-14-6-2-1-3-7-14/h1-4,6-8,11H,5,9-10,12-13,18H2,(H,19,22)(H,20,21). The van der Waals surface area contributed by atoms with Crippen LogP contribution in [0.15, 0.2) is 48.7 Å². The van der Waals surface area contributed by atoms with Gasteiger partial charge < -0.3 is 16.4 Å². The van der Waals surface area contributed by atoms with E-state index in [-0.39, 0.29) is 5.91 Å². The zero-order valence-electron chi connectivity index (χ0n) is 12.6. The number of anilines is 2. The molecule has 1 aromatic heterocycles. The molecule has 116 valence electrons. The van der Waals surface area contributed by atoms with E-state index in [1.807, 2.05) is 30.3 Å². The van der Waals surface area contributed by atoms with Gasteiger partial charge in [0, 0.05) is 25.7 Å². The molecule has 22 heavy (non-hydrogen) atoms. The van der Waals surface area contributed by atoms with Gasteiger partial charge in [0.1, 0.15) is 5.82 Å². The van der Waals surface area contributed by atoms with Crippen LogP contribution in [0.25, 0.3) is 0 Å². The minimum absolute atomic E-state index is 0.0844. The number of pyridine rings is 1. The zero-order valence-corrected chi connectivity index (χ0v) is 12.6. The van der Waals surface area contributed by atoms with Crippen molar-refractivity contribution in [2.75, 3.05) is 24.1 Å². The Bertz CT molecular complexity index is 586. The minimum Gasteiger partial charge on any atom is -0.396 e. The zero-order chi connectivity index (χ0) is 15.6. The van der Waals surface area contributed by atoms with E-state index in [0.717, 1.165) is 19.4 Å². The molecule has 5 nitrogen and oxygen atoms in total. The van der Waals surface area contributed by atoms with Gasteiger partial charge in [0.15, 0.2) is 0 Å². The van der Waals surface area contributed by atoms with Gasteiger partial charge in [-0.15, -0.1) is 0 Å². The van der Waals surface area contributed by atoms with Crippen molar-refractivity contribution in [3.63, 3.8) is 0 Å². The fourth-order valence-corrected chi connectivity index (χ4v) is 2.08. The van der Waals surface area contributed by atoms with E-state index in [0.29, 0.717) is 24.5 Å². The molecule has 0 spiro atoms. The Labute approximate surface area is 130 Å². The summed E-state index contributed by atoms with van der Waals surface area (Å²) < 4.78 is 0. The molecule has 0 bridgehead atoms. The monoisotopic (exact) mass is 298 g/mol. The lowest BCUT2D eigenvalue weighted by Crippen LogP contribution is -2.26. The summed E-state index contributed by atoms with van der Waals surface area (Å²) >= 11 is 0. The molecular formula is C17H22N4O. The quantitative estimate of drug-likeness (QED) is 0.653. The summed E-state index contributed by atoms with van der Waals surface area (Å²) in [6.45, 7) is 1.37. The number of hydrogen-bond acceptors (Lipinski definition) is 4. The molecule has 0 aliphatic carbocycles. The van der Waals surface area contributed by atoms with Crippen molar-refractivity contribution < 1.29 is 4.79 Å². The predicted octanol–water partition coefficient (Wildman–Crippen LogP) is 2.21. The summed E-state index contributed by atoms with van der Waals surface area (Å²) in [5, 5.41) is 6.08. The summed E-state index contributed by atoms with van der Waals surface area (Å²) in [6.07, 6.45) is 3.82. The second-order valence-corrected chi connectivity index (χ2v) is 5.06. The molecule has 0 radical (unpaired) electrons. The van der Waals surface area contributed by atoms with Crippen LogP contribution in [0.2, 0.25) is 0 Å². The number of nitrogens with one attached hydrogen (secondary N) is 2. The first kappa shape index (κ1) is 15.8. The SMILES string of the molecule is Nc1cccnc1NCCCNC(=O)CCc1ccccc1. The van der Waals surface area contributed by atoms with Crippen molar-refractivity contribution in [2.24, 2.45) is 0 Å². The van der Waals surface area contributed by atoms with Gasteiger partial charge in [-0.1, -0.05) is 30.3 Å². The number of nitrogen functional groups attached to an aromatic ring is 1. The van der Waals surface area contributed by atoms with Crippen molar-refractivity contribution in [3.05, 3.63) is 54.2 Å². The maximum atomic E-state index is 11.7. The van der Waals surface area contributed by atoms with E-state index in [1.165, 1.54) is 5.56 Å². The molecule has 5 heteroatoms. The number of nitrogens with zero attached hydrogens (tertiary/aromatic N) is 1. The van der Waals surface area contributed by atoms with Crippen LogP contribution >= 0.6 is 0 Å². The van der Waals surface area contributed by atoms with Crippen LogP contribution < -0.4 is 16.4 Å². The number of nitrogens with two attached hydrogens (primary N) is 1. The summed E-state index contributed by atoms with van der Waals surface area (Å²) in [4.78, 5) is 15.9. The summed E-state index contributed by atoms with van der Waals surface area (Å²) in [5.74, 6) is 0.777. The van der Waals surface area contributed by atoms with Crippen LogP contribution in [-0.4, -0.2) is 24.0 Å². The topological polar surface area (TPSA) is 80.0 Å². The Morgan fingerprint density at radius 2 is 1.91 bits per heavy atom. The van der Waals surface area contributed by atoms with Crippen LogP contribution in [0.1, 0.15) is 18.4 Å². The molecule has 0 aliphatic rings. The molecule has 0 aliphatic heterocycles. The fraction of sp³-hybridized carbons (Fsp3) is 0.294. The van der Waals surface area contributed by atoms with E-state index >= 15 is 0 Å². The Hall–Kier alpha value is -2.56. The Kier molecular flexibility index (Phi) is 6.23. The van der Waals surface area contributed by atoms with Crippen molar-refractivity contribution in [3.8, 4) is 0 Å². The lowest BCUT2D eigenvalue weighted by molar-refractivity contribution is -0.121. The van der Waals surface area contributed by atoms with Crippen molar-refractivity contribution in [1.82, 2.24) is 10.3 Å². The number of carbonyl (C=O) groups excluding carboxylic acids is 1. The molecule has 0 fully saturated rings. The number of aryl methyl sites for hydroxylation is 1. The third kappa shape index (κ3) is 5.44. The number of aromatic nitrogens is 1. The highest BCUT2D eigenvalue weighted by molar-refractivity contribution is 5.76. The van der Waals surface area contributed by atoms with Crippen molar-refractivity contribution in [1.29, 1.82) is 0 Å². The number of carbonyl (C=O) groups is 1. The molecule has 0 saturated heterocycles. The first-order valence-electron chi connectivity index (χ1n) is 7.50. The summed E-state index contributed by atoms with van der Waals surface area (Å²) in [5.41, 5.74) is 7.60. The molecule has 0 unspecified atom stereocenters. The second kappa shape index (κ2) is 8.67. The second-order valence-electron chi connectivity index (χ2n) is 5.06. The molecule has 0 saturated carbocycles. The van der Waals surface area contributed by atoms with E-state index in [1.54, 1.807) is 18.3 Å². The van der Waals surface area contributed by atoms with Crippen LogP contribution in [-0.2, 0) is 11.2 Å². The highest BCUT2D eigenvalue weighted by Gasteiger charge is 2.02. The van der Waals surface area contributed by atoms with Gasteiger partial charge in [-0.3, -0.25) is 4.79 Å². The van der Waals surface area contributed by atoms with Crippen LogP contribution in [0.3, 0.4) is 0 Å². The third-order valence-corrected chi connectivity index (χ3v) is 3.29. The smallest absolute Gasteiger partial charge is 0.220 e. The molecule has 1 amide bonds. The number of benzene rings is 1. The van der Waals surface area contributed by atoms with Gasteiger partial charge in [-0.2, -0.15) is 0 Å². The molecule has 2 aromatic rings. The maximum Gasteiger partial charge on any atom is 0.220 e. The molecule has 1 heterocycles. The number of amides is 1. The summed E-state index contributed by atoms with van der Waals surface area (Å²) in [6, 6.07) is 13.6. The third-order valence-electron chi connectivity index (χ3n) is 3.29. The van der Waals surface area contributed by atoms with Crippen LogP contribution in [0.4, 0.5) is 11.5 Å².